The van der Waals surface area contributed by atoms with Crippen LogP contribution in [0.15, 0.2) is 30.3 Å². The first kappa shape index (κ1) is 12.2. The van der Waals surface area contributed by atoms with Crippen LogP contribution in [0.25, 0.3) is 0 Å². The Bertz CT molecular complexity index is 501. The van der Waals surface area contributed by atoms with Crippen LogP contribution in [0.2, 0.25) is 0 Å². The molecule has 0 N–H and O–H groups in total. The Kier molecular flexibility index (Phi) is 3.97. The normalized spacial score (nSPS) is 14.4. The molecule has 0 amide bonds. The van der Waals surface area contributed by atoms with Gasteiger partial charge in [0, 0.05) is 0 Å². The van der Waals surface area contributed by atoms with Gasteiger partial charge in [-0.05, 0) is 0 Å². The van der Waals surface area contributed by atoms with Crippen molar-refractivity contribution in [3.05, 3.63) is 51.6 Å². The molecule has 0 unspecified atom stereocenters. The molecule has 1 aliphatic rings. The maximum absolute atomic E-state index is 4.82. The molecule has 18 heavy (non-hydrogen) atoms. The van der Waals surface area contributed by atoms with E-state index in [2.05, 4.69) is 30.3 Å². The Hall–Kier alpha value is -0.851. The van der Waals surface area contributed by atoms with Crippen LogP contribution in [0.1, 0.15) is 40.5 Å². The van der Waals surface area contributed by atoms with E-state index in [0.717, 1.165) is 0 Å². The summed E-state index contributed by atoms with van der Waals surface area (Å²) in [6.45, 7) is 0. The van der Waals surface area contributed by atoms with Gasteiger partial charge in [0.05, 0.1) is 0 Å². The molecule has 2 aromatic rings. The standard InChI is InChI=1S/C16H19NSe/c1-2-7-13(8-3-1)9-6-11-15-14-10-4-5-12-16(14)18-17-15/h1-3,7-8H,4-6,9-12H2. The number of fused-ring (bicyclic) bond motifs is 1. The molecular weight excluding hydrogens is 285 g/mol. The van der Waals surface area contributed by atoms with E-state index in [1.807, 2.05) is 0 Å². The molecule has 1 nitrogen and oxygen atoms in total. The quantitative estimate of drug-likeness (QED) is 0.791. The van der Waals surface area contributed by atoms with E-state index in [0.29, 0.717) is 14.7 Å². The summed E-state index contributed by atoms with van der Waals surface area (Å²) >= 11 is 0.456. The molecule has 0 bridgehead atoms. The summed E-state index contributed by atoms with van der Waals surface area (Å²) in [5, 5.41) is 0. The predicted molar refractivity (Wildman–Crippen MR) is 76.3 cm³/mol. The predicted octanol–water partition coefficient (Wildman–Crippen LogP) is 3.19. The second-order valence-corrected chi connectivity index (χ2v) is 6.88. The zero-order chi connectivity index (χ0) is 12.2. The number of hydrogen-bond acceptors (Lipinski definition) is 1. The van der Waals surface area contributed by atoms with Crippen molar-refractivity contribution in [3.63, 3.8) is 0 Å². The fourth-order valence-corrected chi connectivity index (χ4v) is 4.82. The Labute approximate surface area is 115 Å². The van der Waals surface area contributed by atoms with Crippen molar-refractivity contribution in [2.75, 3.05) is 0 Å². The molecule has 0 fully saturated rings. The summed E-state index contributed by atoms with van der Waals surface area (Å²) in [5.74, 6) is 0. The van der Waals surface area contributed by atoms with E-state index < -0.39 is 0 Å². The molecule has 0 saturated carbocycles. The SMILES string of the molecule is c1ccc(CCCc2n[se]c3c2CCCC3)cc1. The molecule has 0 spiro atoms. The van der Waals surface area contributed by atoms with Crippen LogP contribution >= 0.6 is 0 Å². The number of nitrogens with zero attached hydrogens (tertiary/aromatic N) is 1. The fourth-order valence-electron chi connectivity index (χ4n) is 2.75. The van der Waals surface area contributed by atoms with Gasteiger partial charge in [-0.1, -0.05) is 0 Å². The van der Waals surface area contributed by atoms with E-state index in [1.54, 1.807) is 10.0 Å². The maximum atomic E-state index is 4.82. The van der Waals surface area contributed by atoms with Gasteiger partial charge in [-0.3, -0.25) is 0 Å². The molecule has 0 saturated heterocycles. The van der Waals surface area contributed by atoms with Gasteiger partial charge in [0.15, 0.2) is 0 Å². The summed E-state index contributed by atoms with van der Waals surface area (Å²) in [4.78, 5) is 0. The molecule has 1 heterocycles. The number of aromatic nitrogens is 1. The fraction of sp³-hybridized carbons (Fsp3) is 0.438. The first-order valence-corrected chi connectivity index (χ1v) is 8.56. The second kappa shape index (κ2) is 5.86. The molecule has 2 heteroatoms. The monoisotopic (exact) mass is 305 g/mol. The van der Waals surface area contributed by atoms with Crippen LogP contribution in [-0.4, -0.2) is 18.7 Å². The molecule has 0 radical (unpaired) electrons. The van der Waals surface area contributed by atoms with E-state index in [4.69, 9.17) is 3.98 Å². The van der Waals surface area contributed by atoms with Crippen LogP contribution in [-0.2, 0) is 25.7 Å². The molecule has 1 aromatic heterocycles. The van der Waals surface area contributed by atoms with Crippen molar-refractivity contribution < 1.29 is 0 Å². The van der Waals surface area contributed by atoms with Crippen molar-refractivity contribution >= 4 is 14.7 Å². The minimum absolute atomic E-state index is 0.456. The number of benzene rings is 1. The minimum atomic E-state index is 0.456. The summed E-state index contributed by atoms with van der Waals surface area (Å²) in [6.07, 6.45) is 9.04. The van der Waals surface area contributed by atoms with Gasteiger partial charge in [0.1, 0.15) is 0 Å². The summed E-state index contributed by atoms with van der Waals surface area (Å²) < 4.78 is 6.53. The van der Waals surface area contributed by atoms with E-state index >= 15 is 0 Å². The number of hydrogen-bond donors (Lipinski definition) is 0. The Morgan fingerprint density at radius 1 is 1.00 bits per heavy atom. The molecule has 3 rings (SSSR count). The third kappa shape index (κ3) is 2.76. The molecular formula is C16H19NSe. The van der Waals surface area contributed by atoms with E-state index in [1.165, 1.54) is 56.2 Å². The van der Waals surface area contributed by atoms with Gasteiger partial charge in [0.2, 0.25) is 0 Å². The third-order valence-electron chi connectivity index (χ3n) is 3.75. The van der Waals surface area contributed by atoms with Crippen LogP contribution in [0.3, 0.4) is 0 Å². The van der Waals surface area contributed by atoms with Gasteiger partial charge >= 0.3 is 115 Å². The van der Waals surface area contributed by atoms with Crippen LogP contribution in [0.4, 0.5) is 0 Å². The van der Waals surface area contributed by atoms with Gasteiger partial charge < -0.3 is 0 Å². The zero-order valence-electron chi connectivity index (χ0n) is 10.7. The summed E-state index contributed by atoms with van der Waals surface area (Å²) in [6, 6.07) is 10.8. The molecule has 1 aliphatic carbocycles. The Morgan fingerprint density at radius 3 is 2.72 bits per heavy atom. The van der Waals surface area contributed by atoms with E-state index in [-0.39, 0.29) is 0 Å². The number of aryl methyl sites for hydroxylation is 3. The summed E-state index contributed by atoms with van der Waals surface area (Å²) in [5.41, 5.74) is 4.58. The first-order valence-electron chi connectivity index (χ1n) is 6.94. The Morgan fingerprint density at radius 2 is 1.83 bits per heavy atom. The number of rotatable bonds is 4. The molecule has 94 valence electrons. The van der Waals surface area contributed by atoms with Gasteiger partial charge in [-0.2, -0.15) is 0 Å². The zero-order valence-corrected chi connectivity index (χ0v) is 12.4. The van der Waals surface area contributed by atoms with Crippen molar-refractivity contribution in [1.82, 2.24) is 3.98 Å². The average Bonchev–Trinajstić information content (AvgIpc) is 2.84. The van der Waals surface area contributed by atoms with Crippen LogP contribution < -0.4 is 0 Å². The topological polar surface area (TPSA) is 12.9 Å². The van der Waals surface area contributed by atoms with Crippen molar-refractivity contribution in [2.45, 2.75) is 44.9 Å². The second-order valence-electron chi connectivity index (χ2n) is 5.08. The third-order valence-corrected chi connectivity index (χ3v) is 5.81. The van der Waals surface area contributed by atoms with Gasteiger partial charge in [0.25, 0.3) is 0 Å². The summed E-state index contributed by atoms with van der Waals surface area (Å²) in [7, 11) is 0. The van der Waals surface area contributed by atoms with Gasteiger partial charge in [-0.25, -0.2) is 0 Å². The molecule has 0 aliphatic heterocycles. The van der Waals surface area contributed by atoms with Crippen LogP contribution in [0.5, 0.6) is 0 Å². The van der Waals surface area contributed by atoms with Crippen molar-refractivity contribution in [2.24, 2.45) is 0 Å². The average molecular weight is 304 g/mol. The van der Waals surface area contributed by atoms with Crippen molar-refractivity contribution in [1.29, 1.82) is 0 Å². The Balaban J connectivity index is 1.59. The molecule has 1 aromatic carbocycles. The molecule has 0 atom stereocenters. The first-order chi connectivity index (χ1) is 8.93. The van der Waals surface area contributed by atoms with Crippen LogP contribution in [0, 0.1) is 0 Å². The van der Waals surface area contributed by atoms with E-state index in [9.17, 15) is 0 Å². The van der Waals surface area contributed by atoms with Gasteiger partial charge in [-0.15, -0.1) is 0 Å². The van der Waals surface area contributed by atoms with Crippen molar-refractivity contribution in [3.8, 4) is 0 Å².